The summed E-state index contributed by atoms with van der Waals surface area (Å²) in [6.45, 7) is 5.57. The van der Waals surface area contributed by atoms with Crippen LogP contribution in [0.25, 0.3) is 17.5 Å². The predicted octanol–water partition coefficient (Wildman–Crippen LogP) is 2.97. The van der Waals surface area contributed by atoms with Crippen LogP contribution in [-0.4, -0.2) is 9.97 Å². The standard InChI is InChI=1S/C14H11N3/c1-3-11-4-5-13(16-8-11)14-6-10(2)12(7-15)9-17-14/h3-6,8-9H,1H2,2H3. The largest absolute Gasteiger partial charge is 0.254 e. The molecule has 0 aromatic carbocycles. The van der Waals surface area contributed by atoms with E-state index >= 15 is 0 Å². The van der Waals surface area contributed by atoms with Crippen LogP contribution in [0.4, 0.5) is 0 Å². The van der Waals surface area contributed by atoms with Gasteiger partial charge in [0.2, 0.25) is 0 Å². The van der Waals surface area contributed by atoms with Crippen LogP contribution in [0.2, 0.25) is 0 Å². The molecule has 0 radical (unpaired) electrons. The van der Waals surface area contributed by atoms with Crippen LogP contribution in [0.5, 0.6) is 0 Å². The zero-order chi connectivity index (χ0) is 12.3. The highest BCUT2D eigenvalue weighted by atomic mass is 14.8. The lowest BCUT2D eigenvalue weighted by molar-refractivity contribution is 1.21. The Morgan fingerprint density at radius 3 is 2.53 bits per heavy atom. The highest BCUT2D eigenvalue weighted by molar-refractivity contribution is 5.58. The Labute approximate surface area is 100 Å². The van der Waals surface area contributed by atoms with E-state index in [1.807, 2.05) is 25.1 Å². The van der Waals surface area contributed by atoms with Crippen LogP contribution in [0.3, 0.4) is 0 Å². The van der Waals surface area contributed by atoms with Gasteiger partial charge < -0.3 is 0 Å². The molecule has 0 fully saturated rings. The molecule has 0 aliphatic rings. The maximum Gasteiger partial charge on any atom is 0.101 e. The van der Waals surface area contributed by atoms with Crippen molar-refractivity contribution in [2.45, 2.75) is 6.92 Å². The molecule has 0 spiro atoms. The monoisotopic (exact) mass is 221 g/mol. The first-order valence-corrected chi connectivity index (χ1v) is 5.20. The molecule has 2 aromatic rings. The molecular weight excluding hydrogens is 210 g/mol. The van der Waals surface area contributed by atoms with Gasteiger partial charge in [0.15, 0.2) is 0 Å². The van der Waals surface area contributed by atoms with E-state index in [0.29, 0.717) is 5.56 Å². The Morgan fingerprint density at radius 1 is 1.24 bits per heavy atom. The van der Waals surface area contributed by atoms with Gasteiger partial charge in [0.05, 0.1) is 17.0 Å². The highest BCUT2D eigenvalue weighted by Gasteiger charge is 2.04. The number of aromatic nitrogens is 2. The molecule has 0 atom stereocenters. The van der Waals surface area contributed by atoms with Gasteiger partial charge in [-0.05, 0) is 30.2 Å². The molecular formula is C14H11N3. The van der Waals surface area contributed by atoms with E-state index in [4.69, 9.17) is 5.26 Å². The van der Waals surface area contributed by atoms with Gasteiger partial charge in [-0.1, -0.05) is 18.7 Å². The Kier molecular flexibility index (Phi) is 2.97. The Morgan fingerprint density at radius 2 is 2.00 bits per heavy atom. The molecule has 17 heavy (non-hydrogen) atoms. The third-order valence-electron chi connectivity index (χ3n) is 2.52. The normalized spacial score (nSPS) is 9.65. The van der Waals surface area contributed by atoms with Gasteiger partial charge in [-0.25, -0.2) is 0 Å². The Bertz CT molecular complexity index is 592. The van der Waals surface area contributed by atoms with Crippen molar-refractivity contribution < 1.29 is 0 Å². The molecule has 2 heterocycles. The molecule has 0 amide bonds. The molecule has 0 saturated heterocycles. The summed E-state index contributed by atoms with van der Waals surface area (Å²) < 4.78 is 0. The van der Waals surface area contributed by atoms with Crippen LogP contribution in [0.15, 0.2) is 37.2 Å². The summed E-state index contributed by atoms with van der Waals surface area (Å²) in [4.78, 5) is 8.52. The number of pyridine rings is 2. The predicted molar refractivity (Wildman–Crippen MR) is 67.0 cm³/mol. The van der Waals surface area contributed by atoms with Crippen molar-refractivity contribution in [2.24, 2.45) is 0 Å². The van der Waals surface area contributed by atoms with Crippen LogP contribution >= 0.6 is 0 Å². The summed E-state index contributed by atoms with van der Waals surface area (Å²) in [5.74, 6) is 0. The Balaban J connectivity index is 2.43. The maximum atomic E-state index is 8.83. The molecule has 0 aliphatic heterocycles. The highest BCUT2D eigenvalue weighted by Crippen LogP contribution is 2.17. The van der Waals surface area contributed by atoms with Crippen molar-refractivity contribution >= 4 is 6.08 Å². The minimum absolute atomic E-state index is 0.594. The van der Waals surface area contributed by atoms with Crippen molar-refractivity contribution in [3.63, 3.8) is 0 Å². The van der Waals surface area contributed by atoms with Gasteiger partial charge in [-0.2, -0.15) is 5.26 Å². The fraction of sp³-hybridized carbons (Fsp3) is 0.0714. The maximum absolute atomic E-state index is 8.83. The van der Waals surface area contributed by atoms with Gasteiger partial charge in [0, 0.05) is 12.4 Å². The van der Waals surface area contributed by atoms with Crippen molar-refractivity contribution in [2.75, 3.05) is 0 Å². The lowest BCUT2D eigenvalue weighted by Crippen LogP contribution is -1.91. The number of hydrogen-bond acceptors (Lipinski definition) is 3. The Hall–Kier alpha value is -2.47. The van der Waals surface area contributed by atoms with Gasteiger partial charge >= 0.3 is 0 Å². The number of rotatable bonds is 2. The molecule has 3 nitrogen and oxygen atoms in total. The number of nitriles is 1. The van der Waals surface area contributed by atoms with Gasteiger partial charge in [-0.15, -0.1) is 0 Å². The van der Waals surface area contributed by atoms with Crippen molar-refractivity contribution in [1.29, 1.82) is 5.26 Å². The first-order chi connectivity index (χ1) is 8.24. The molecule has 0 saturated carbocycles. The number of aryl methyl sites for hydroxylation is 1. The summed E-state index contributed by atoms with van der Waals surface area (Å²) in [5, 5.41) is 8.83. The van der Waals surface area contributed by atoms with E-state index < -0.39 is 0 Å². The second kappa shape index (κ2) is 4.58. The molecule has 0 N–H and O–H groups in total. The van der Waals surface area contributed by atoms with E-state index in [2.05, 4.69) is 22.6 Å². The topological polar surface area (TPSA) is 49.6 Å². The van der Waals surface area contributed by atoms with Crippen LogP contribution in [-0.2, 0) is 0 Å². The van der Waals surface area contributed by atoms with E-state index in [1.165, 1.54) is 0 Å². The summed E-state index contributed by atoms with van der Waals surface area (Å²) in [6, 6.07) is 7.79. The zero-order valence-corrected chi connectivity index (χ0v) is 9.51. The van der Waals surface area contributed by atoms with E-state index in [-0.39, 0.29) is 0 Å². The minimum atomic E-state index is 0.594. The molecule has 0 aliphatic carbocycles. The molecule has 2 aromatic heterocycles. The van der Waals surface area contributed by atoms with Crippen molar-refractivity contribution in [3.05, 3.63) is 53.9 Å². The van der Waals surface area contributed by atoms with Crippen LogP contribution in [0.1, 0.15) is 16.7 Å². The fourth-order valence-corrected chi connectivity index (χ4v) is 1.49. The summed E-state index contributed by atoms with van der Waals surface area (Å²) in [7, 11) is 0. The number of nitrogens with zero attached hydrogens (tertiary/aromatic N) is 3. The third kappa shape index (κ3) is 2.21. The quantitative estimate of drug-likeness (QED) is 0.783. The average molecular weight is 221 g/mol. The molecule has 0 unspecified atom stereocenters. The van der Waals surface area contributed by atoms with Gasteiger partial charge in [0.1, 0.15) is 6.07 Å². The second-order valence-corrected chi connectivity index (χ2v) is 3.68. The average Bonchev–Trinajstić information content (AvgIpc) is 2.39. The van der Waals surface area contributed by atoms with Gasteiger partial charge in [-0.3, -0.25) is 9.97 Å². The minimum Gasteiger partial charge on any atom is -0.254 e. The summed E-state index contributed by atoms with van der Waals surface area (Å²) in [5.41, 5.74) is 4.04. The summed E-state index contributed by atoms with van der Waals surface area (Å²) in [6.07, 6.45) is 5.07. The molecule has 82 valence electrons. The third-order valence-corrected chi connectivity index (χ3v) is 2.52. The summed E-state index contributed by atoms with van der Waals surface area (Å²) >= 11 is 0. The van der Waals surface area contributed by atoms with E-state index in [9.17, 15) is 0 Å². The van der Waals surface area contributed by atoms with Crippen molar-refractivity contribution in [1.82, 2.24) is 9.97 Å². The fourth-order valence-electron chi connectivity index (χ4n) is 1.49. The van der Waals surface area contributed by atoms with E-state index in [1.54, 1.807) is 18.5 Å². The first kappa shape index (κ1) is 11.0. The molecule has 0 bridgehead atoms. The van der Waals surface area contributed by atoms with Gasteiger partial charge in [0.25, 0.3) is 0 Å². The van der Waals surface area contributed by atoms with Crippen LogP contribution in [0, 0.1) is 18.3 Å². The SMILES string of the molecule is C=Cc1ccc(-c2cc(C)c(C#N)cn2)nc1. The zero-order valence-electron chi connectivity index (χ0n) is 9.51. The molecule has 2 rings (SSSR count). The smallest absolute Gasteiger partial charge is 0.101 e. The van der Waals surface area contributed by atoms with Crippen LogP contribution < -0.4 is 0 Å². The lowest BCUT2D eigenvalue weighted by Gasteiger charge is -2.02. The first-order valence-electron chi connectivity index (χ1n) is 5.20. The van der Waals surface area contributed by atoms with Crippen molar-refractivity contribution in [3.8, 4) is 17.5 Å². The second-order valence-electron chi connectivity index (χ2n) is 3.68. The lowest BCUT2D eigenvalue weighted by atomic mass is 10.1. The van der Waals surface area contributed by atoms with E-state index in [0.717, 1.165) is 22.5 Å². The molecule has 3 heteroatoms. The number of hydrogen-bond donors (Lipinski definition) is 0.